The lowest BCUT2D eigenvalue weighted by Crippen LogP contribution is -2.48. The molecule has 1 rings (SSSR count). The van der Waals surface area contributed by atoms with Gasteiger partial charge in [-0.25, -0.2) is 0 Å². The third-order valence-corrected chi connectivity index (χ3v) is 2.30. The lowest BCUT2D eigenvalue weighted by molar-refractivity contribution is -0.128. The van der Waals surface area contributed by atoms with Gasteiger partial charge in [-0.1, -0.05) is 0 Å². The van der Waals surface area contributed by atoms with Crippen LogP contribution >= 0.6 is 0 Å². The lowest BCUT2D eigenvalue weighted by atomic mass is 10.2. The van der Waals surface area contributed by atoms with Crippen LogP contribution in [-0.2, 0) is 14.2 Å². The van der Waals surface area contributed by atoms with Gasteiger partial charge in [-0.15, -0.1) is 0 Å². The van der Waals surface area contributed by atoms with E-state index in [0.29, 0.717) is 19.8 Å². The minimum absolute atomic E-state index is 0.184. The Morgan fingerprint density at radius 1 is 1.57 bits per heavy atom. The van der Waals surface area contributed by atoms with Crippen molar-refractivity contribution in [2.75, 3.05) is 40.5 Å². The first-order chi connectivity index (χ1) is 6.81. The van der Waals surface area contributed by atoms with Crippen LogP contribution in [0, 0.1) is 11.3 Å². The molecule has 1 aliphatic heterocycles. The van der Waals surface area contributed by atoms with Crippen molar-refractivity contribution in [3.63, 3.8) is 0 Å². The van der Waals surface area contributed by atoms with Gasteiger partial charge in [0.05, 0.1) is 25.8 Å². The Balaban J connectivity index is 2.44. The summed E-state index contributed by atoms with van der Waals surface area (Å²) in [5, 5.41) is 8.87. The molecule has 1 saturated heterocycles. The van der Waals surface area contributed by atoms with Gasteiger partial charge in [-0.3, -0.25) is 4.90 Å². The predicted molar refractivity (Wildman–Crippen MR) is 49.6 cm³/mol. The van der Waals surface area contributed by atoms with Crippen molar-refractivity contribution in [2.45, 2.75) is 12.3 Å². The molecule has 0 spiro atoms. The van der Waals surface area contributed by atoms with Crippen molar-refractivity contribution >= 4 is 0 Å². The Morgan fingerprint density at radius 2 is 2.29 bits per heavy atom. The number of morpholine rings is 1. The van der Waals surface area contributed by atoms with Gasteiger partial charge in [0.15, 0.2) is 6.29 Å². The summed E-state index contributed by atoms with van der Waals surface area (Å²) in [7, 11) is 3.19. The number of hydrogen-bond donors (Lipinski definition) is 0. The molecule has 0 amide bonds. The summed E-state index contributed by atoms with van der Waals surface area (Å²) in [6.45, 7) is 2.49. The molecule has 0 saturated carbocycles. The third-order valence-electron chi connectivity index (χ3n) is 2.30. The van der Waals surface area contributed by atoms with Crippen LogP contribution in [0.4, 0.5) is 0 Å². The van der Waals surface area contributed by atoms with Gasteiger partial charge in [-0.2, -0.15) is 5.26 Å². The second-order valence-corrected chi connectivity index (χ2v) is 3.12. The van der Waals surface area contributed by atoms with E-state index in [0.717, 1.165) is 6.54 Å². The smallest absolute Gasteiger partial charge is 0.169 e. The van der Waals surface area contributed by atoms with Gasteiger partial charge in [0.1, 0.15) is 6.04 Å². The second kappa shape index (κ2) is 5.94. The second-order valence-electron chi connectivity index (χ2n) is 3.12. The van der Waals surface area contributed by atoms with E-state index in [1.54, 1.807) is 14.2 Å². The van der Waals surface area contributed by atoms with E-state index >= 15 is 0 Å². The molecule has 0 aliphatic carbocycles. The van der Waals surface area contributed by atoms with E-state index in [-0.39, 0.29) is 12.3 Å². The molecule has 0 aromatic rings. The van der Waals surface area contributed by atoms with Crippen molar-refractivity contribution in [3.8, 4) is 6.07 Å². The normalized spacial score (nSPS) is 23.7. The zero-order valence-electron chi connectivity index (χ0n) is 8.60. The summed E-state index contributed by atoms with van der Waals surface area (Å²) in [5.41, 5.74) is 0. The molecule has 1 fully saturated rings. The first-order valence-corrected chi connectivity index (χ1v) is 4.58. The Morgan fingerprint density at radius 3 is 2.86 bits per heavy atom. The van der Waals surface area contributed by atoms with Gasteiger partial charge in [0, 0.05) is 20.8 Å². The average molecular weight is 200 g/mol. The molecular formula is C9H16N2O3. The number of hydrogen-bond acceptors (Lipinski definition) is 5. The highest BCUT2D eigenvalue weighted by Crippen LogP contribution is 2.07. The number of methoxy groups -OCH3 is 2. The summed E-state index contributed by atoms with van der Waals surface area (Å²) < 4.78 is 15.4. The molecule has 0 aromatic heterocycles. The Labute approximate surface area is 84.1 Å². The van der Waals surface area contributed by atoms with Crippen LogP contribution in [0.25, 0.3) is 0 Å². The topological polar surface area (TPSA) is 54.7 Å². The van der Waals surface area contributed by atoms with E-state index in [2.05, 4.69) is 6.07 Å². The highest BCUT2D eigenvalue weighted by Gasteiger charge is 2.24. The van der Waals surface area contributed by atoms with Crippen molar-refractivity contribution in [1.29, 1.82) is 5.26 Å². The molecule has 0 radical (unpaired) electrons. The molecule has 1 atom stereocenters. The zero-order chi connectivity index (χ0) is 10.4. The highest BCUT2D eigenvalue weighted by atomic mass is 16.7. The van der Waals surface area contributed by atoms with E-state index in [1.807, 2.05) is 4.90 Å². The van der Waals surface area contributed by atoms with Crippen molar-refractivity contribution < 1.29 is 14.2 Å². The Bertz CT molecular complexity index is 201. The summed E-state index contributed by atoms with van der Waals surface area (Å²) in [6, 6.07) is 2.01. The van der Waals surface area contributed by atoms with E-state index < -0.39 is 0 Å². The standard InChI is InChI=1S/C9H16N2O3/c1-12-9(13-2)6-11-3-4-14-7-8(11)5-10/h8-9H,3-4,6-7H2,1-2H3/t8-/m1/s1. The first-order valence-electron chi connectivity index (χ1n) is 4.58. The Hall–Kier alpha value is -0.670. The highest BCUT2D eigenvalue weighted by molar-refractivity contribution is 4.93. The van der Waals surface area contributed by atoms with Crippen LogP contribution in [0.15, 0.2) is 0 Å². The van der Waals surface area contributed by atoms with Gasteiger partial charge in [-0.05, 0) is 0 Å². The first kappa shape index (κ1) is 11.4. The summed E-state index contributed by atoms with van der Waals surface area (Å²) in [6.07, 6.45) is -0.274. The van der Waals surface area contributed by atoms with Crippen LogP contribution in [-0.4, -0.2) is 57.8 Å². The maximum absolute atomic E-state index is 8.87. The van der Waals surface area contributed by atoms with Crippen LogP contribution in [0.2, 0.25) is 0 Å². The fourth-order valence-corrected chi connectivity index (χ4v) is 1.41. The number of nitriles is 1. The molecule has 0 unspecified atom stereocenters. The minimum atomic E-state index is -0.274. The summed E-state index contributed by atoms with van der Waals surface area (Å²) in [5.74, 6) is 0. The largest absolute Gasteiger partial charge is 0.377 e. The fraction of sp³-hybridized carbons (Fsp3) is 0.889. The van der Waals surface area contributed by atoms with Crippen LogP contribution < -0.4 is 0 Å². The van der Waals surface area contributed by atoms with Crippen molar-refractivity contribution in [2.24, 2.45) is 0 Å². The molecule has 0 N–H and O–H groups in total. The SMILES string of the molecule is COC(CN1CCOC[C@H]1C#N)OC. The van der Waals surface area contributed by atoms with Gasteiger partial charge >= 0.3 is 0 Å². The zero-order valence-corrected chi connectivity index (χ0v) is 8.60. The van der Waals surface area contributed by atoms with E-state index in [4.69, 9.17) is 19.5 Å². The monoisotopic (exact) mass is 200 g/mol. The minimum Gasteiger partial charge on any atom is -0.377 e. The number of nitrogens with zero attached hydrogens (tertiary/aromatic N) is 2. The molecule has 0 aromatic carbocycles. The van der Waals surface area contributed by atoms with Gasteiger partial charge in [0.2, 0.25) is 0 Å². The van der Waals surface area contributed by atoms with Gasteiger partial charge < -0.3 is 14.2 Å². The van der Waals surface area contributed by atoms with Crippen LogP contribution in [0.3, 0.4) is 0 Å². The van der Waals surface area contributed by atoms with Crippen molar-refractivity contribution in [3.05, 3.63) is 0 Å². The summed E-state index contributed by atoms with van der Waals surface area (Å²) in [4.78, 5) is 2.02. The maximum atomic E-state index is 8.87. The average Bonchev–Trinajstić information content (AvgIpc) is 2.26. The third kappa shape index (κ3) is 2.93. The number of ether oxygens (including phenoxy) is 3. The number of rotatable bonds is 4. The van der Waals surface area contributed by atoms with E-state index in [1.165, 1.54) is 0 Å². The molecule has 5 heteroatoms. The Kier molecular flexibility index (Phi) is 4.84. The lowest BCUT2D eigenvalue weighted by Gasteiger charge is -2.32. The van der Waals surface area contributed by atoms with Gasteiger partial charge in [0.25, 0.3) is 0 Å². The van der Waals surface area contributed by atoms with Crippen LogP contribution in [0.5, 0.6) is 0 Å². The molecule has 1 aliphatic rings. The molecule has 0 bridgehead atoms. The molecule has 80 valence electrons. The van der Waals surface area contributed by atoms with Crippen LogP contribution in [0.1, 0.15) is 0 Å². The summed E-state index contributed by atoms with van der Waals surface area (Å²) >= 11 is 0. The molecule has 14 heavy (non-hydrogen) atoms. The maximum Gasteiger partial charge on any atom is 0.169 e. The predicted octanol–water partition coefficient (Wildman–Crippen LogP) is -0.170. The fourth-order valence-electron chi connectivity index (χ4n) is 1.41. The molecule has 1 heterocycles. The molecular weight excluding hydrogens is 184 g/mol. The quantitative estimate of drug-likeness (QED) is 0.590. The van der Waals surface area contributed by atoms with E-state index in [9.17, 15) is 0 Å². The van der Waals surface area contributed by atoms with Crippen molar-refractivity contribution in [1.82, 2.24) is 4.90 Å². The molecule has 5 nitrogen and oxygen atoms in total.